The fraction of sp³-hybridized carbons (Fsp3) is 0.333. The van der Waals surface area contributed by atoms with Gasteiger partial charge in [-0.3, -0.25) is 14.5 Å². The number of hydrogen-bond donors (Lipinski definition) is 0. The molecule has 7 heteroatoms. The maximum absolute atomic E-state index is 12.3. The molecule has 0 bridgehead atoms. The van der Waals surface area contributed by atoms with Gasteiger partial charge >= 0.3 is 0 Å². The molecule has 0 aromatic heterocycles. The Labute approximate surface area is 174 Å². The molecule has 3 rings (SSSR count). The average molecular weight is 420 g/mol. The van der Waals surface area contributed by atoms with Crippen molar-refractivity contribution in [3.8, 4) is 11.5 Å². The predicted octanol–water partition coefficient (Wildman–Crippen LogP) is 4.94. The Balaban J connectivity index is 1.71. The van der Waals surface area contributed by atoms with E-state index < -0.39 is 0 Å². The van der Waals surface area contributed by atoms with Gasteiger partial charge in [0, 0.05) is 11.6 Å². The van der Waals surface area contributed by atoms with Crippen molar-refractivity contribution >= 4 is 34.5 Å². The van der Waals surface area contributed by atoms with Gasteiger partial charge in [0.1, 0.15) is 6.61 Å². The lowest BCUT2D eigenvalue weighted by Crippen LogP contribution is -2.31. The summed E-state index contributed by atoms with van der Waals surface area (Å²) < 4.78 is 11.6. The number of benzene rings is 2. The minimum absolute atomic E-state index is 0.126. The third-order valence-electron chi connectivity index (χ3n) is 4.36. The fourth-order valence-electron chi connectivity index (χ4n) is 2.94. The molecule has 2 aromatic carbocycles. The normalized spacial score (nSPS) is 16.5. The van der Waals surface area contributed by atoms with E-state index in [0.29, 0.717) is 42.7 Å². The van der Waals surface area contributed by atoms with E-state index in [9.17, 15) is 9.59 Å². The Hall–Kier alpha value is -2.18. The Bertz CT molecular complexity index is 856. The van der Waals surface area contributed by atoms with Crippen molar-refractivity contribution < 1.29 is 19.1 Å². The minimum Gasteiger partial charge on any atom is -0.490 e. The van der Waals surface area contributed by atoms with Gasteiger partial charge in [-0.1, -0.05) is 41.6 Å². The summed E-state index contributed by atoms with van der Waals surface area (Å²) in [4.78, 5) is 25.5. The molecule has 0 N–H and O–H groups in total. The van der Waals surface area contributed by atoms with Crippen molar-refractivity contribution in [2.24, 2.45) is 0 Å². The molecule has 1 aliphatic rings. The summed E-state index contributed by atoms with van der Waals surface area (Å²) in [5.74, 6) is 1.14. The van der Waals surface area contributed by atoms with Crippen LogP contribution in [0, 0.1) is 0 Å². The zero-order valence-corrected chi connectivity index (χ0v) is 17.4. The second-order valence-corrected chi connectivity index (χ2v) is 7.88. The highest BCUT2D eigenvalue weighted by Gasteiger charge is 2.38. The maximum Gasteiger partial charge on any atom is 0.289 e. The molecule has 2 aromatic rings. The van der Waals surface area contributed by atoms with Crippen molar-refractivity contribution in [1.82, 2.24) is 4.90 Å². The molecular formula is C21H22ClNO4S. The number of thioether (sulfide) groups is 1. The molecular weight excluding hydrogens is 398 g/mol. The molecule has 1 fully saturated rings. The number of amides is 2. The number of halogens is 1. The van der Waals surface area contributed by atoms with E-state index in [-0.39, 0.29) is 16.4 Å². The Morgan fingerprint density at radius 2 is 1.71 bits per heavy atom. The van der Waals surface area contributed by atoms with Gasteiger partial charge < -0.3 is 9.47 Å². The smallest absolute Gasteiger partial charge is 0.289 e. The summed E-state index contributed by atoms with van der Waals surface area (Å²) in [6, 6.07) is 13.1. The predicted molar refractivity (Wildman–Crippen MR) is 111 cm³/mol. The van der Waals surface area contributed by atoms with Crippen LogP contribution < -0.4 is 9.47 Å². The number of hydrogen-bond acceptors (Lipinski definition) is 5. The van der Waals surface area contributed by atoms with E-state index in [1.54, 1.807) is 6.92 Å². The van der Waals surface area contributed by atoms with Crippen molar-refractivity contribution in [1.29, 1.82) is 0 Å². The first-order valence-electron chi connectivity index (χ1n) is 9.16. The standard InChI is InChI=1S/C21H22ClNO4S/c1-3-23-20(24)19(28-21(23)25)12-15-7-10-17(18(11-15)26-4-2)27-13-14-5-8-16(22)9-6-14/h5-11,19H,3-4,12-13H2,1-2H3/t19-/m1/s1. The molecule has 2 amide bonds. The topological polar surface area (TPSA) is 55.8 Å². The number of nitrogens with zero attached hydrogens (tertiary/aromatic N) is 1. The van der Waals surface area contributed by atoms with Crippen LogP contribution in [0.4, 0.5) is 4.79 Å². The lowest BCUT2D eigenvalue weighted by molar-refractivity contribution is -0.126. The van der Waals surface area contributed by atoms with E-state index in [4.69, 9.17) is 21.1 Å². The first kappa shape index (κ1) is 20.6. The van der Waals surface area contributed by atoms with Gasteiger partial charge in [-0.15, -0.1) is 0 Å². The number of carbonyl (C=O) groups excluding carboxylic acids is 2. The van der Waals surface area contributed by atoms with Gasteiger partial charge in [-0.05, 0) is 55.7 Å². The van der Waals surface area contributed by atoms with Crippen molar-refractivity contribution in [3.05, 3.63) is 58.6 Å². The van der Waals surface area contributed by atoms with Gasteiger partial charge in [0.2, 0.25) is 5.91 Å². The molecule has 0 saturated carbocycles. The van der Waals surface area contributed by atoms with E-state index in [1.165, 1.54) is 4.90 Å². The Kier molecular flexibility index (Phi) is 6.86. The summed E-state index contributed by atoms with van der Waals surface area (Å²) in [5, 5.41) is 0.121. The van der Waals surface area contributed by atoms with Crippen LogP contribution in [0.1, 0.15) is 25.0 Å². The molecule has 0 radical (unpaired) electrons. The van der Waals surface area contributed by atoms with E-state index in [0.717, 1.165) is 22.9 Å². The van der Waals surface area contributed by atoms with Crippen molar-refractivity contribution in [3.63, 3.8) is 0 Å². The van der Waals surface area contributed by atoms with Gasteiger partial charge in [-0.25, -0.2) is 0 Å². The summed E-state index contributed by atoms with van der Waals surface area (Å²) in [6.07, 6.45) is 0.475. The monoisotopic (exact) mass is 419 g/mol. The molecule has 0 aliphatic carbocycles. The SMILES string of the molecule is CCOc1cc(C[C@H]2SC(=O)N(CC)C2=O)ccc1OCc1ccc(Cl)cc1. The average Bonchev–Trinajstić information content (AvgIpc) is 2.95. The minimum atomic E-state index is -0.386. The molecule has 0 unspecified atom stereocenters. The Morgan fingerprint density at radius 3 is 2.36 bits per heavy atom. The van der Waals surface area contributed by atoms with Crippen LogP contribution in [0.25, 0.3) is 0 Å². The highest BCUT2D eigenvalue weighted by molar-refractivity contribution is 8.15. The first-order chi connectivity index (χ1) is 13.5. The molecule has 0 spiro atoms. The maximum atomic E-state index is 12.3. The highest BCUT2D eigenvalue weighted by Crippen LogP contribution is 2.33. The number of rotatable bonds is 8. The van der Waals surface area contributed by atoms with Gasteiger partial charge in [0.05, 0.1) is 11.9 Å². The van der Waals surface area contributed by atoms with Crippen molar-refractivity contribution in [2.75, 3.05) is 13.2 Å². The van der Waals surface area contributed by atoms with Crippen LogP contribution in [-0.4, -0.2) is 34.4 Å². The van der Waals surface area contributed by atoms with Crippen LogP contribution in [0.3, 0.4) is 0 Å². The van der Waals surface area contributed by atoms with Gasteiger partial charge in [-0.2, -0.15) is 0 Å². The van der Waals surface area contributed by atoms with Gasteiger partial charge in [0.15, 0.2) is 11.5 Å². The van der Waals surface area contributed by atoms with Crippen LogP contribution in [-0.2, 0) is 17.8 Å². The summed E-state index contributed by atoms with van der Waals surface area (Å²) in [7, 11) is 0. The molecule has 148 valence electrons. The van der Waals surface area contributed by atoms with Crippen LogP contribution in [0.2, 0.25) is 5.02 Å². The molecule has 1 atom stereocenters. The Morgan fingerprint density at radius 1 is 1.00 bits per heavy atom. The van der Waals surface area contributed by atoms with Gasteiger partial charge in [0.25, 0.3) is 5.24 Å². The van der Waals surface area contributed by atoms with Crippen molar-refractivity contribution in [2.45, 2.75) is 32.1 Å². The second-order valence-electron chi connectivity index (χ2n) is 6.29. The lowest BCUT2D eigenvalue weighted by atomic mass is 10.1. The molecule has 1 aliphatic heterocycles. The third-order valence-corrected chi connectivity index (χ3v) is 5.68. The quantitative estimate of drug-likeness (QED) is 0.606. The van der Waals surface area contributed by atoms with Crippen LogP contribution >= 0.6 is 23.4 Å². The highest BCUT2D eigenvalue weighted by atomic mass is 35.5. The summed E-state index contributed by atoms with van der Waals surface area (Å²) >= 11 is 7.00. The zero-order chi connectivity index (χ0) is 20.1. The van der Waals surface area contributed by atoms with E-state index in [2.05, 4.69) is 0 Å². The largest absolute Gasteiger partial charge is 0.490 e. The molecule has 5 nitrogen and oxygen atoms in total. The summed E-state index contributed by atoms with van der Waals surface area (Å²) in [6.45, 7) is 5.01. The fourth-order valence-corrected chi connectivity index (χ4v) is 4.16. The third kappa shape index (κ3) is 4.80. The first-order valence-corrected chi connectivity index (χ1v) is 10.4. The molecule has 1 saturated heterocycles. The lowest BCUT2D eigenvalue weighted by Gasteiger charge is -2.15. The van der Waals surface area contributed by atoms with Crippen LogP contribution in [0.15, 0.2) is 42.5 Å². The van der Waals surface area contributed by atoms with Crippen LogP contribution in [0.5, 0.6) is 11.5 Å². The summed E-state index contributed by atoms with van der Waals surface area (Å²) in [5.41, 5.74) is 1.93. The number of imide groups is 1. The number of ether oxygens (including phenoxy) is 2. The second kappa shape index (κ2) is 9.34. The molecule has 28 heavy (non-hydrogen) atoms. The zero-order valence-electron chi connectivity index (χ0n) is 15.8. The molecule has 1 heterocycles. The number of carbonyl (C=O) groups is 2. The van der Waals surface area contributed by atoms with E-state index >= 15 is 0 Å². The van der Waals surface area contributed by atoms with E-state index in [1.807, 2.05) is 49.4 Å².